The summed E-state index contributed by atoms with van der Waals surface area (Å²) >= 11 is 0. The van der Waals surface area contributed by atoms with E-state index in [4.69, 9.17) is 6.42 Å². The lowest BCUT2D eigenvalue weighted by molar-refractivity contribution is 0.0940. The molecule has 0 heterocycles. The van der Waals surface area contributed by atoms with Gasteiger partial charge in [0, 0.05) is 5.56 Å². The molecular formula is C18H18N2O3S. The summed E-state index contributed by atoms with van der Waals surface area (Å²) in [4.78, 5) is 12.3. The van der Waals surface area contributed by atoms with Crippen LogP contribution in [0.25, 0.3) is 0 Å². The fourth-order valence-electron chi connectivity index (χ4n) is 2.11. The number of benzene rings is 2. The Bertz CT molecular complexity index is 838. The lowest BCUT2D eigenvalue weighted by atomic mass is 10.1. The van der Waals surface area contributed by atoms with Crippen LogP contribution in [0.1, 0.15) is 28.9 Å². The summed E-state index contributed by atoms with van der Waals surface area (Å²) in [6.07, 6.45) is 5.04. The third-order valence-electron chi connectivity index (χ3n) is 3.44. The predicted octanol–water partition coefficient (Wildman–Crippen LogP) is 2.09. The van der Waals surface area contributed by atoms with Crippen molar-refractivity contribution in [1.82, 2.24) is 10.0 Å². The summed E-state index contributed by atoms with van der Waals surface area (Å²) in [5, 5.41) is 2.87. The monoisotopic (exact) mass is 342 g/mol. The Hall–Kier alpha value is -2.62. The smallest absolute Gasteiger partial charge is 0.251 e. The number of carbonyl (C=O) groups excluding carboxylic acids is 1. The van der Waals surface area contributed by atoms with Gasteiger partial charge in [0.25, 0.3) is 5.91 Å². The van der Waals surface area contributed by atoms with Gasteiger partial charge in [-0.1, -0.05) is 36.3 Å². The van der Waals surface area contributed by atoms with Crippen molar-refractivity contribution in [2.45, 2.75) is 17.9 Å². The normalized spacial score (nSPS) is 12.2. The van der Waals surface area contributed by atoms with E-state index in [0.717, 1.165) is 5.56 Å². The van der Waals surface area contributed by atoms with Crippen molar-refractivity contribution in [3.8, 4) is 12.3 Å². The van der Waals surface area contributed by atoms with E-state index < -0.39 is 10.0 Å². The summed E-state index contributed by atoms with van der Waals surface area (Å²) in [5.74, 6) is 1.93. The Labute approximate surface area is 142 Å². The number of nitrogens with one attached hydrogen (secondary N) is 2. The molecule has 0 aliphatic rings. The van der Waals surface area contributed by atoms with Gasteiger partial charge in [-0.15, -0.1) is 6.42 Å². The summed E-state index contributed by atoms with van der Waals surface area (Å²) in [5.41, 5.74) is 1.37. The number of hydrogen-bond donors (Lipinski definition) is 2. The Morgan fingerprint density at radius 2 is 1.75 bits per heavy atom. The number of hydrogen-bond acceptors (Lipinski definition) is 3. The van der Waals surface area contributed by atoms with Gasteiger partial charge in [-0.3, -0.25) is 4.79 Å². The molecule has 0 radical (unpaired) electrons. The second kappa shape index (κ2) is 7.77. The number of rotatable bonds is 6. The Balaban J connectivity index is 2.08. The third-order valence-corrected chi connectivity index (χ3v) is 4.86. The van der Waals surface area contributed by atoms with Crippen molar-refractivity contribution in [2.75, 3.05) is 6.54 Å². The van der Waals surface area contributed by atoms with Crippen molar-refractivity contribution in [1.29, 1.82) is 0 Å². The van der Waals surface area contributed by atoms with Crippen LogP contribution in [0.4, 0.5) is 0 Å². The molecule has 0 bridgehead atoms. The number of terminal acetylenes is 1. The van der Waals surface area contributed by atoms with Crippen LogP contribution in [0.3, 0.4) is 0 Å². The van der Waals surface area contributed by atoms with Crippen molar-refractivity contribution in [2.24, 2.45) is 0 Å². The molecule has 0 aliphatic carbocycles. The molecule has 0 aromatic heterocycles. The zero-order valence-electron chi connectivity index (χ0n) is 13.2. The van der Waals surface area contributed by atoms with Gasteiger partial charge in [-0.2, -0.15) is 4.72 Å². The van der Waals surface area contributed by atoms with E-state index in [1.54, 1.807) is 0 Å². The Morgan fingerprint density at radius 1 is 1.12 bits per heavy atom. The third kappa shape index (κ3) is 4.44. The minimum atomic E-state index is -3.66. The molecule has 5 nitrogen and oxygen atoms in total. The summed E-state index contributed by atoms with van der Waals surface area (Å²) in [6.45, 7) is 1.80. The molecule has 124 valence electrons. The van der Waals surface area contributed by atoms with Crippen molar-refractivity contribution < 1.29 is 13.2 Å². The molecule has 2 N–H and O–H groups in total. The molecule has 0 saturated heterocycles. The SMILES string of the molecule is C#CCNS(=O)(=O)c1ccc(C(=O)NC(C)c2ccccc2)cc1. The standard InChI is InChI=1S/C18H18N2O3S/c1-3-13-19-24(22,23)17-11-9-16(10-12-17)18(21)20-14(2)15-7-5-4-6-8-15/h1,4-12,14,19H,13H2,2H3,(H,20,21). The first-order valence-electron chi connectivity index (χ1n) is 7.33. The lowest BCUT2D eigenvalue weighted by Crippen LogP contribution is -2.27. The van der Waals surface area contributed by atoms with Crippen LogP contribution in [0, 0.1) is 12.3 Å². The van der Waals surface area contributed by atoms with Gasteiger partial charge < -0.3 is 5.32 Å². The highest BCUT2D eigenvalue weighted by molar-refractivity contribution is 7.89. The zero-order chi connectivity index (χ0) is 17.6. The van der Waals surface area contributed by atoms with E-state index in [1.165, 1.54) is 24.3 Å². The first-order valence-corrected chi connectivity index (χ1v) is 8.81. The summed E-state index contributed by atoms with van der Waals surface area (Å²) in [6, 6.07) is 15.1. The van der Waals surface area contributed by atoms with E-state index in [1.807, 2.05) is 37.3 Å². The highest BCUT2D eigenvalue weighted by Crippen LogP contribution is 2.14. The predicted molar refractivity (Wildman–Crippen MR) is 92.8 cm³/mol. The Morgan fingerprint density at radius 3 is 2.33 bits per heavy atom. The highest BCUT2D eigenvalue weighted by Gasteiger charge is 2.15. The zero-order valence-corrected chi connectivity index (χ0v) is 14.0. The number of sulfonamides is 1. The van der Waals surface area contributed by atoms with Crippen LogP contribution < -0.4 is 10.0 Å². The largest absolute Gasteiger partial charge is 0.346 e. The molecule has 6 heteroatoms. The maximum atomic E-state index is 12.3. The molecular weight excluding hydrogens is 324 g/mol. The van der Waals surface area contributed by atoms with Gasteiger partial charge in [0.1, 0.15) is 0 Å². The number of carbonyl (C=O) groups is 1. The minimum Gasteiger partial charge on any atom is -0.346 e. The average Bonchev–Trinajstić information content (AvgIpc) is 2.60. The number of amides is 1. The molecule has 0 fully saturated rings. The maximum Gasteiger partial charge on any atom is 0.251 e. The van der Waals surface area contributed by atoms with Crippen LogP contribution in [0.5, 0.6) is 0 Å². The van der Waals surface area contributed by atoms with Crippen LogP contribution in [-0.4, -0.2) is 20.9 Å². The van der Waals surface area contributed by atoms with Gasteiger partial charge in [-0.05, 0) is 36.8 Å². The molecule has 2 rings (SSSR count). The second-order valence-corrected chi connectivity index (χ2v) is 6.93. The Kier molecular flexibility index (Phi) is 5.74. The molecule has 1 atom stereocenters. The van der Waals surface area contributed by atoms with Gasteiger partial charge in [0.05, 0.1) is 17.5 Å². The maximum absolute atomic E-state index is 12.3. The average molecular weight is 342 g/mol. The lowest BCUT2D eigenvalue weighted by Gasteiger charge is -2.14. The molecule has 2 aromatic rings. The fraction of sp³-hybridized carbons (Fsp3) is 0.167. The van der Waals surface area contributed by atoms with Crippen LogP contribution in [-0.2, 0) is 10.0 Å². The first-order chi connectivity index (χ1) is 11.4. The van der Waals surface area contributed by atoms with E-state index in [2.05, 4.69) is 16.0 Å². The molecule has 0 spiro atoms. The molecule has 1 amide bonds. The van der Waals surface area contributed by atoms with Gasteiger partial charge in [-0.25, -0.2) is 8.42 Å². The van der Waals surface area contributed by atoms with Gasteiger partial charge in [0.15, 0.2) is 0 Å². The minimum absolute atomic E-state index is 0.0606. The molecule has 24 heavy (non-hydrogen) atoms. The summed E-state index contributed by atoms with van der Waals surface area (Å²) in [7, 11) is -3.66. The van der Waals surface area contributed by atoms with E-state index in [9.17, 15) is 13.2 Å². The van der Waals surface area contributed by atoms with E-state index in [0.29, 0.717) is 5.56 Å². The quantitative estimate of drug-likeness (QED) is 0.789. The topological polar surface area (TPSA) is 75.3 Å². The fourth-order valence-corrected chi connectivity index (χ4v) is 3.04. The van der Waals surface area contributed by atoms with E-state index >= 15 is 0 Å². The molecule has 0 aliphatic heterocycles. The summed E-state index contributed by atoms with van der Waals surface area (Å²) < 4.78 is 26.1. The second-order valence-electron chi connectivity index (χ2n) is 5.16. The van der Waals surface area contributed by atoms with Crippen molar-refractivity contribution >= 4 is 15.9 Å². The first kappa shape index (κ1) is 17.7. The molecule has 0 saturated carbocycles. The van der Waals surface area contributed by atoms with Crippen molar-refractivity contribution in [3.05, 3.63) is 65.7 Å². The van der Waals surface area contributed by atoms with Gasteiger partial charge in [0.2, 0.25) is 10.0 Å². The molecule has 1 unspecified atom stereocenters. The highest BCUT2D eigenvalue weighted by atomic mass is 32.2. The van der Waals surface area contributed by atoms with Crippen LogP contribution >= 0.6 is 0 Å². The van der Waals surface area contributed by atoms with Crippen molar-refractivity contribution in [3.63, 3.8) is 0 Å². The van der Waals surface area contributed by atoms with Crippen LogP contribution in [0.2, 0.25) is 0 Å². The van der Waals surface area contributed by atoms with Crippen LogP contribution in [0.15, 0.2) is 59.5 Å². The van der Waals surface area contributed by atoms with E-state index in [-0.39, 0.29) is 23.4 Å². The van der Waals surface area contributed by atoms with Gasteiger partial charge >= 0.3 is 0 Å². The molecule has 2 aromatic carbocycles.